The average Bonchev–Trinajstić information content (AvgIpc) is 2.83. The lowest BCUT2D eigenvalue weighted by atomic mass is 10.1. The number of aliphatic carboxylic acids is 1. The summed E-state index contributed by atoms with van der Waals surface area (Å²) in [5.74, 6) is -0.233. The van der Waals surface area contributed by atoms with E-state index in [-0.39, 0.29) is 5.75 Å². The van der Waals surface area contributed by atoms with Crippen molar-refractivity contribution in [1.82, 2.24) is 14.8 Å². The molecule has 0 spiro atoms. The van der Waals surface area contributed by atoms with Crippen LogP contribution >= 0.6 is 23.4 Å². The largest absolute Gasteiger partial charge is 0.481 e. The summed E-state index contributed by atoms with van der Waals surface area (Å²) in [5, 5.41) is 18.4. The summed E-state index contributed by atoms with van der Waals surface area (Å²) in [6.45, 7) is 4.70. The maximum absolute atomic E-state index is 10.7. The first-order valence-corrected chi connectivity index (χ1v) is 7.94. The highest BCUT2D eigenvalue weighted by Crippen LogP contribution is 2.31. The number of aromatic nitrogens is 3. The third-order valence-electron chi connectivity index (χ3n) is 2.92. The fraction of sp³-hybridized carbons (Fsp3) is 0.357. The van der Waals surface area contributed by atoms with Gasteiger partial charge in [0.1, 0.15) is 0 Å². The minimum absolute atomic E-state index is 0.0383. The number of hydrogen-bond acceptors (Lipinski definition) is 4. The lowest BCUT2D eigenvalue weighted by Crippen LogP contribution is -2.05. The van der Waals surface area contributed by atoms with Gasteiger partial charge in [0, 0.05) is 12.1 Å². The number of aryl methyl sites for hydroxylation is 1. The molecule has 1 N–H and O–H groups in total. The number of thioether (sulfide) groups is 1. The zero-order chi connectivity index (χ0) is 15.4. The molecular weight excluding hydrogens is 310 g/mol. The SMILES string of the molecule is CCCn1c(SCC(=O)O)nnc1-c1cccc(C)c1Cl. The van der Waals surface area contributed by atoms with E-state index in [0.29, 0.717) is 22.5 Å². The van der Waals surface area contributed by atoms with E-state index in [4.69, 9.17) is 16.7 Å². The highest BCUT2D eigenvalue weighted by molar-refractivity contribution is 7.99. The van der Waals surface area contributed by atoms with Gasteiger partial charge in [0.25, 0.3) is 0 Å². The van der Waals surface area contributed by atoms with Crippen LogP contribution in [0.25, 0.3) is 11.4 Å². The molecule has 0 atom stereocenters. The number of rotatable bonds is 6. The Morgan fingerprint density at radius 2 is 2.19 bits per heavy atom. The molecule has 21 heavy (non-hydrogen) atoms. The molecule has 0 aliphatic rings. The zero-order valence-electron chi connectivity index (χ0n) is 11.8. The van der Waals surface area contributed by atoms with Crippen molar-refractivity contribution in [2.24, 2.45) is 0 Å². The van der Waals surface area contributed by atoms with Crippen molar-refractivity contribution in [3.63, 3.8) is 0 Å². The number of benzene rings is 1. The topological polar surface area (TPSA) is 68.0 Å². The molecule has 1 aromatic carbocycles. The van der Waals surface area contributed by atoms with Crippen LogP contribution in [0.2, 0.25) is 5.02 Å². The number of carbonyl (C=O) groups is 1. The second-order valence-corrected chi connectivity index (χ2v) is 5.90. The summed E-state index contributed by atoms with van der Waals surface area (Å²) < 4.78 is 1.92. The summed E-state index contributed by atoms with van der Waals surface area (Å²) in [5.41, 5.74) is 1.79. The van der Waals surface area contributed by atoms with Gasteiger partial charge in [0.2, 0.25) is 0 Å². The number of carboxylic acids is 1. The molecule has 112 valence electrons. The van der Waals surface area contributed by atoms with Gasteiger partial charge in [-0.05, 0) is 25.0 Å². The molecule has 0 bridgehead atoms. The van der Waals surface area contributed by atoms with E-state index in [1.165, 1.54) is 11.8 Å². The van der Waals surface area contributed by atoms with Crippen molar-refractivity contribution in [3.8, 4) is 11.4 Å². The molecule has 1 heterocycles. The Labute approximate surface area is 132 Å². The molecule has 0 saturated heterocycles. The lowest BCUT2D eigenvalue weighted by molar-refractivity contribution is -0.133. The van der Waals surface area contributed by atoms with E-state index < -0.39 is 5.97 Å². The fourth-order valence-corrected chi connectivity index (χ4v) is 2.86. The molecule has 0 radical (unpaired) electrons. The minimum Gasteiger partial charge on any atom is -0.481 e. The first-order valence-electron chi connectivity index (χ1n) is 6.57. The molecule has 0 aliphatic heterocycles. The maximum Gasteiger partial charge on any atom is 0.313 e. The summed E-state index contributed by atoms with van der Waals surface area (Å²) in [6.07, 6.45) is 0.898. The standard InChI is InChI=1S/C14H16ClN3O2S/c1-3-7-18-13(10-6-4-5-9(2)12(10)15)16-17-14(18)21-8-11(19)20/h4-6H,3,7-8H2,1-2H3,(H,19,20). The van der Waals surface area contributed by atoms with Crippen LogP contribution in [-0.4, -0.2) is 31.6 Å². The van der Waals surface area contributed by atoms with Gasteiger partial charge in [0.15, 0.2) is 11.0 Å². The zero-order valence-corrected chi connectivity index (χ0v) is 13.4. The van der Waals surface area contributed by atoms with Gasteiger partial charge in [-0.3, -0.25) is 4.79 Å². The molecule has 2 rings (SSSR count). The Kier molecular flexibility index (Phi) is 5.25. The number of hydrogen-bond donors (Lipinski definition) is 1. The van der Waals surface area contributed by atoms with Crippen LogP contribution in [-0.2, 0) is 11.3 Å². The predicted molar refractivity (Wildman–Crippen MR) is 83.9 cm³/mol. The number of halogens is 1. The third-order valence-corrected chi connectivity index (χ3v) is 4.37. The number of carboxylic acid groups (broad SMARTS) is 1. The van der Waals surface area contributed by atoms with Crippen molar-refractivity contribution in [2.75, 3.05) is 5.75 Å². The normalized spacial score (nSPS) is 10.8. The van der Waals surface area contributed by atoms with Crippen molar-refractivity contribution in [2.45, 2.75) is 32.0 Å². The van der Waals surface area contributed by atoms with Crippen LogP contribution in [0.5, 0.6) is 0 Å². The van der Waals surface area contributed by atoms with Gasteiger partial charge in [-0.2, -0.15) is 0 Å². The van der Waals surface area contributed by atoms with E-state index in [1.54, 1.807) is 0 Å². The molecule has 0 aliphatic carbocycles. The van der Waals surface area contributed by atoms with Crippen LogP contribution < -0.4 is 0 Å². The highest BCUT2D eigenvalue weighted by atomic mass is 35.5. The van der Waals surface area contributed by atoms with E-state index in [0.717, 1.165) is 17.5 Å². The molecule has 7 heteroatoms. The first-order chi connectivity index (χ1) is 10.0. The van der Waals surface area contributed by atoms with Crippen LogP contribution in [0.3, 0.4) is 0 Å². The summed E-state index contributed by atoms with van der Waals surface area (Å²) in [6, 6.07) is 5.76. The van der Waals surface area contributed by atoms with Crippen molar-refractivity contribution in [3.05, 3.63) is 28.8 Å². The van der Waals surface area contributed by atoms with Crippen LogP contribution in [0.15, 0.2) is 23.4 Å². The van der Waals surface area contributed by atoms with Gasteiger partial charge in [-0.15, -0.1) is 10.2 Å². The second kappa shape index (κ2) is 6.95. The van der Waals surface area contributed by atoms with Crippen molar-refractivity contribution in [1.29, 1.82) is 0 Å². The van der Waals surface area contributed by atoms with Crippen LogP contribution in [0, 0.1) is 6.92 Å². The van der Waals surface area contributed by atoms with E-state index in [2.05, 4.69) is 10.2 Å². The average molecular weight is 326 g/mol. The van der Waals surface area contributed by atoms with Crippen LogP contribution in [0.1, 0.15) is 18.9 Å². The highest BCUT2D eigenvalue weighted by Gasteiger charge is 2.17. The molecule has 0 fully saturated rings. The predicted octanol–water partition coefficient (Wildman–Crippen LogP) is 3.49. The quantitative estimate of drug-likeness (QED) is 0.823. The molecular formula is C14H16ClN3O2S. The summed E-state index contributed by atoms with van der Waals surface area (Å²) >= 11 is 7.52. The molecule has 1 aromatic heterocycles. The molecule has 2 aromatic rings. The van der Waals surface area contributed by atoms with E-state index in [1.807, 2.05) is 36.6 Å². The molecule has 0 unspecified atom stereocenters. The Hall–Kier alpha value is -1.53. The Morgan fingerprint density at radius 3 is 2.86 bits per heavy atom. The Balaban J connectivity index is 2.43. The van der Waals surface area contributed by atoms with Gasteiger partial charge >= 0.3 is 5.97 Å². The Bertz CT molecular complexity index is 658. The summed E-state index contributed by atoms with van der Waals surface area (Å²) in [7, 11) is 0. The van der Waals surface area contributed by atoms with Crippen molar-refractivity contribution >= 4 is 29.3 Å². The maximum atomic E-state index is 10.7. The molecule has 0 saturated carbocycles. The lowest BCUT2D eigenvalue weighted by Gasteiger charge is -2.10. The fourth-order valence-electron chi connectivity index (χ4n) is 1.97. The molecule has 5 nitrogen and oxygen atoms in total. The van der Waals surface area contributed by atoms with Gasteiger partial charge in [-0.1, -0.05) is 42.4 Å². The van der Waals surface area contributed by atoms with E-state index >= 15 is 0 Å². The van der Waals surface area contributed by atoms with Gasteiger partial charge in [0.05, 0.1) is 10.8 Å². The monoisotopic (exact) mass is 325 g/mol. The van der Waals surface area contributed by atoms with Crippen molar-refractivity contribution < 1.29 is 9.90 Å². The van der Waals surface area contributed by atoms with E-state index in [9.17, 15) is 4.79 Å². The van der Waals surface area contributed by atoms with Crippen LogP contribution in [0.4, 0.5) is 0 Å². The molecule has 0 amide bonds. The van der Waals surface area contributed by atoms with Gasteiger partial charge in [-0.25, -0.2) is 0 Å². The number of nitrogens with zero attached hydrogens (tertiary/aromatic N) is 3. The third kappa shape index (κ3) is 3.57. The minimum atomic E-state index is -0.874. The van der Waals surface area contributed by atoms with Gasteiger partial charge < -0.3 is 9.67 Å². The Morgan fingerprint density at radius 1 is 1.43 bits per heavy atom. The first kappa shape index (κ1) is 15.9. The smallest absolute Gasteiger partial charge is 0.313 e. The summed E-state index contributed by atoms with van der Waals surface area (Å²) in [4.78, 5) is 10.7. The second-order valence-electron chi connectivity index (χ2n) is 4.58.